The zero-order valence-electron chi connectivity index (χ0n) is 7.32. The van der Waals surface area contributed by atoms with Crippen molar-refractivity contribution < 1.29 is 9.87 Å². The van der Waals surface area contributed by atoms with E-state index in [4.69, 9.17) is 0 Å². The summed E-state index contributed by atoms with van der Waals surface area (Å²) in [6, 6.07) is 0. The first kappa shape index (κ1) is 12.6. The Balaban J connectivity index is 0. The van der Waals surface area contributed by atoms with Crippen molar-refractivity contribution in [2.45, 2.75) is 40.3 Å². The van der Waals surface area contributed by atoms with Crippen molar-refractivity contribution in [3.05, 3.63) is 0 Å². The third-order valence-electron chi connectivity index (χ3n) is 1.83. The van der Waals surface area contributed by atoms with Crippen LogP contribution in [0, 0.1) is 11.8 Å². The van der Waals surface area contributed by atoms with E-state index in [0.29, 0.717) is 18.3 Å². The minimum absolute atomic E-state index is 0. The summed E-state index contributed by atoms with van der Waals surface area (Å²) >= 11 is 0. The van der Waals surface area contributed by atoms with Crippen molar-refractivity contribution in [1.29, 1.82) is 0 Å². The van der Waals surface area contributed by atoms with Crippen molar-refractivity contribution in [2.75, 3.05) is 0 Å². The van der Waals surface area contributed by atoms with Crippen LogP contribution in [0.4, 0.5) is 4.39 Å². The van der Waals surface area contributed by atoms with Gasteiger partial charge >= 0.3 is 0 Å². The van der Waals surface area contributed by atoms with Gasteiger partial charge in [-0.2, -0.15) is 0 Å². The number of hydrogen-bond donors (Lipinski definition) is 0. The summed E-state index contributed by atoms with van der Waals surface area (Å²) in [5.41, 5.74) is 0. The molecule has 1 nitrogen and oxygen atoms in total. The van der Waals surface area contributed by atoms with Crippen LogP contribution in [0.15, 0.2) is 0 Å². The molecule has 0 aromatic carbocycles. The molecule has 2 N–H and O–H groups in total. The third kappa shape index (κ3) is 6.02. The lowest BCUT2D eigenvalue weighted by Crippen LogP contribution is -2.08. The molecule has 0 heterocycles. The summed E-state index contributed by atoms with van der Waals surface area (Å²) in [6.07, 6.45) is 0.0694. The average molecular weight is 150 g/mol. The fourth-order valence-electron chi connectivity index (χ4n) is 0.784. The van der Waals surface area contributed by atoms with Gasteiger partial charge in [-0.05, 0) is 25.2 Å². The highest BCUT2D eigenvalue weighted by Crippen LogP contribution is 2.16. The molecular weight excluding hydrogens is 131 g/mol. The summed E-state index contributed by atoms with van der Waals surface area (Å²) in [7, 11) is 0. The molecule has 1 unspecified atom stereocenters. The quantitative estimate of drug-likeness (QED) is 0.590. The van der Waals surface area contributed by atoms with Gasteiger partial charge in [-0.1, -0.05) is 20.8 Å². The molecule has 0 aliphatic rings. The van der Waals surface area contributed by atoms with Crippen molar-refractivity contribution in [1.82, 2.24) is 0 Å². The summed E-state index contributed by atoms with van der Waals surface area (Å²) in [4.78, 5) is 0. The molecule has 2 heteroatoms. The molecule has 10 heavy (non-hydrogen) atoms. The van der Waals surface area contributed by atoms with E-state index in [1.165, 1.54) is 0 Å². The zero-order chi connectivity index (χ0) is 7.44. The fourth-order valence-corrected chi connectivity index (χ4v) is 0.784. The van der Waals surface area contributed by atoms with Crippen LogP contribution in [0.2, 0.25) is 0 Å². The largest absolute Gasteiger partial charge is 0.412 e. The Bertz CT molecular complexity index is 71.7. The monoisotopic (exact) mass is 150 g/mol. The molecule has 0 aromatic rings. The fraction of sp³-hybridized carbons (Fsp3) is 1.00. The first-order chi connectivity index (χ1) is 4.04. The van der Waals surface area contributed by atoms with Crippen LogP contribution in [0.1, 0.15) is 34.1 Å². The molecule has 64 valence electrons. The van der Waals surface area contributed by atoms with Gasteiger partial charge in [-0.3, -0.25) is 0 Å². The SMILES string of the molecule is CC(C)C(C)C[C@H](C)F.O. The topological polar surface area (TPSA) is 31.5 Å². The molecule has 0 amide bonds. The Morgan fingerprint density at radius 1 is 1.10 bits per heavy atom. The Hall–Kier alpha value is -0.110. The Morgan fingerprint density at radius 2 is 1.50 bits per heavy atom. The van der Waals surface area contributed by atoms with Gasteiger partial charge in [0.15, 0.2) is 0 Å². The number of rotatable bonds is 3. The maximum Gasteiger partial charge on any atom is 0.0976 e. The summed E-state index contributed by atoms with van der Waals surface area (Å²) < 4.78 is 12.3. The van der Waals surface area contributed by atoms with Gasteiger partial charge in [0.2, 0.25) is 0 Å². The standard InChI is InChI=1S/C8H17F.H2O/c1-6(2)7(3)5-8(4)9;/h6-8H,5H2,1-4H3;1H2/t7?,8-;/m0./s1. The molecular formula is C8H19FO. The van der Waals surface area contributed by atoms with Gasteiger partial charge in [-0.25, -0.2) is 4.39 Å². The van der Waals surface area contributed by atoms with E-state index in [1.54, 1.807) is 6.92 Å². The van der Waals surface area contributed by atoms with Crippen molar-refractivity contribution in [3.8, 4) is 0 Å². The van der Waals surface area contributed by atoms with Gasteiger partial charge in [0, 0.05) is 0 Å². The average Bonchev–Trinajstić information content (AvgIpc) is 1.63. The van der Waals surface area contributed by atoms with Crippen LogP contribution in [-0.4, -0.2) is 11.6 Å². The third-order valence-corrected chi connectivity index (χ3v) is 1.83. The second kappa shape index (κ2) is 5.66. The van der Waals surface area contributed by atoms with E-state index >= 15 is 0 Å². The van der Waals surface area contributed by atoms with E-state index in [-0.39, 0.29) is 5.48 Å². The van der Waals surface area contributed by atoms with Gasteiger partial charge in [0.1, 0.15) is 0 Å². The zero-order valence-corrected chi connectivity index (χ0v) is 7.32. The summed E-state index contributed by atoms with van der Waals surface area (Å²) in [5.74, 6) is 1.13. The van der Waals surface area contributed by atoms with Crippen LogP contribution < -0.4 is 0 Å². The van der Waals surface area contributed by atoms with Gasteiger partial charge in [-0.15, -0.1) is 0 Å². The summed E-state index contributed by atoms with van der Waals surface area (Å²) in [6.45, 7) is 7.99. The Kier molecular flexibility index (Phi) is 7.10. The maximum absolute atomic E-state index is 12.3. The lowest BCUT2D eigenvalue weighted by Gasteiger charge is -2.15. The van der Waals surface area contributed by atoms with Crippen molar-refractivity contribution in [3.63, 3.8) is 0 Å². The van der Waals surface area contributed by atoms with Gasteiger partial charge in [0.25, 0.3) is 0 Å². The van der Waals surface area contributed by atoms with E-state index in [0.717, 1.165) is 0 Å². The highest BCUT2D eigenvalue weighted by Gasteiger charge is 2.10. The Labute approximate surface area is 62.9 Å². The van der Waals surface area contributed by atoms with E-state index in [9.17, 15) is 4.39 Å². The maximum atomic E-state index is 12.3. The van der Waals surface area contributed by atoms with E-state index in [1.807, 2.05) is 0 Å². The van der Waals surface area contributed by atoms with E-state index < -0.39 is 6.17 Å². The molecule has 2 atom stereocenters. The molecule has 0 spiro atoms. The highest BCUT2D eigenvalue weighted by atomic mass is 19.1. The molecule has 0 aliphatic carbocycles. The molecule has 0 aromatic heterocycles. The number of halogens is 1. The predicted molar refractivity (Wildman–Crippen MR) is 42.8 cm³/mol. The van der Waals surface area contributed by atoms with Crippen LogP contribution in [-0.2, 0) is 0 Å². The molecule has 0 saturated carbocycles. The number of alkyl halides is 1. The van der Waals surface area contributed by atoms with Crippen LogP contribution in [0.25, 0.3) is 0 Å². The van der Waals surface area contributed by atoms with E-state index in [2.05, 4.69) is 20.8 Å². The number of hydrogen-bond acceptors (Lipinski definition) is 0. The second-order valence-electron chi connectivity index (χ2n) is 3.24. The smallest absolute Gasteiger partial charge is 0.0976 e. The van der Waals surface area contributed by atoms with Gasteiger partial charge in [0.05, 0.1) is 6.17 Å². The normalized spacial score (nSPS) is 16.2. The Morgan fingerprint density at radius 3 is 1.60 bits per heavy atom. The van der Waals surface area contributed by atoms with Crippen molar-refractivity contribution in [2.24, 2.45) is 11.8 Å². The van der Waals surface area contributed by atoms with Crippen molar-refractivity contribution >= 4 is 0 Å². The second-order valence-corrected chi connectivity index (χ2v) is 3.24. The molecule has 0 aliphatic heterocycles. The lowest BCUT2D eigenvalue weighted by atomic mass is 9.93. The summed E-state index contributed by atoms with van der Waals surface area (Å²) in [5, 5.41) is 0. The van der Waals surface area contributed by atoms with Gasteiger partial charge < -0.3 is 5.48 Å². The van der Waals surface area contributed by atoms with Crippen LogP contribution in [0.5, 0.6) is 0 Å². The molecule has 0 rings (SSSR count). The minimum Gasteiger partial charge on any atom is -0.412 e. The molecule has 0 saturated heterocycles. The molecule has 0 fully saturated rings. The van der Waals surface area contributed by atoms with Crippen LogP contribution >= 0.6 is 0 Å². The predicted octanol–water partition coefficient (Wildman–Crippen LogP) is 2.20. The lowest BCUT2D eigenvalue weighted by molar-refractivity contribution is 0.262. The first-order valence-corrected chi connectivity index (χ1v) is 3.68. The molecule has 0 radical (unpaired) electrons. The molecule has 0 bridgehead atoms. The first-order valence-electron chi connectivity index (χ1n) is 3.68. The minimum atomic E-state index is -0.637. The highest BCUT2D eigenvalue weighted by molar-refractivity contribution is 4.60. The van der Waals surface area contributed by atoms with Crippen LogP contribution in [0.3, 0.4) is 0 Å².